The zero-order valence-corrected chi connectivity index (χ0v) is 14.0. The van der Waals surface area contributed by atoms with Crippen molar-refractivity contribution in [3.63, 3.8) is 0 Å². The Kier molecular flexibility index (Phi) is 5.33. The lowest BCUT2D eigenvalue weighted by molar-refractivity contribution is -0.149. The van der Waals surface area contributed by atoms with Crippen molar-refractivity contribution in [2.24, 2.45) is 0 Å². The Morgan fingerprint density at radius 1 is 1.29 bits per heavy atom. The topological polar surface area (TPSA) is 90.3 Å². The smallest absolute Gasteiger partial charge is 0.326 e. The van der Waals surface area contributed by atoms with Gasteiger partial charge in [-0.1, -0.05) is 19.1 Å². The molecule has 1 N–H and O–H groups in total. The quantitative estimate of drug-likeness (QED) is 0.805. The Bertz CT molecular complexity index is 811. The van der Waals surface area contributed by atoms with E-state index in [1.165, 1.54) is 10.9 Å². The second kappa shape index (κ2) is 7.25. The van der Waals surface area contributed by atoms with Crippen LogP contribution in [0.5, 0.6) is 0 Å². The molecule has 0 aliphatic heterocycles. The maximum absolute atomic E-state index is 12.3. The molecule has 1 aromatic carbocycles. The highest BCUT2D eigenvalue weighted by atomic mass is 16.5. The number of carbonyl (C=O) groups is 2. The van der Waals surface area contributed by atoms with Crippen molar-refractivity contribution in [1.82, 2.24) is 14.9 Å². The molecule has 7 heteroatoms. The molecule has 0 radical (unpaired) electrons. The number of nitrogens with one attached hydrogen (secondary N) is 1. The van der Waals surface area contributed by atoms with Crippen LogP contribution >= 0.6 is 0 Å². The number of nitrogens with zero attached hydrogens (tertiary/aromatic N) is 2. The van der Waals surface area contributed by atoms with Gasteiger partial charge in [0.15, 0.2) is 6.61 Å². The third kappa shape index (κ3) is 4.41. The van der Waals surface area contributed by atoms with Gasteiger partial charge < -0.3 is 10.1 Å². The van der Waals surface area contributed by atoms with Crippen LogP contribution in [0, 0.1) is 0 Å². The van der Waals surface area contributed by atoms with Gasteiger partial charge in [0.25, 0.3) is 11.5 Å². The highest BCUT2D eigenvalue weighted by Gasteiger charge is 2.19. The standard InChI is InChI=1S/C17H21N3O4/c1-4-17(2,3)19-14(21)10-24-15(22)9-20-11-18-13-8-6-5-7-12(13)16(20)23/h5-8,11H,4,9-10H2,1-3H3,(H,19,21). The number of amides is 1. The number of benzene rings is 1. The normalized spacial score (nSPS) is 11.3. The molecule has 2 aromatic rings. The second-order valence-corrected chi connectivity index (χ2v) is 6.14. The third-order valence-electron chi connectivity index (χ3n) is 3.76. The van der Waals surface area contributed by atoms with Crippen molar-refractivity contribution in [1.29, 1.82) is 0 Å². The fraction of sp³-hybridized carbons (Fsp3) is 0.412. The average molecular weight is 331 g/mol. The van der Waals surface area contributed by atoms with Crippen molar-refractivity contribution in [2.45, 2.75) is 39.3 Å². The number of rotatable bonds is 6. The molecule has 0 saturated heterocycles. The van der Waals surface area contributed by atoms with E-state index < -0.39 is 5.97 Å². The molecule has 0 aliphatic carbocycles. The number of hydrogen-bond acceptors (Lipinski definition) is 5. The maximum Gasteiger partial charge on any atom is 0.326 e. The lowest BCUT2D eigenvalue weighted by Gasteiger charge is -2.24. The van der Waals surface area contributed by atoms with Gasteiger partial charge in [0.1, 0.15) is 6.54 Å². The summed E-state index contributed by atoms with van der Waals surface area (Å²) in [6.45, 7) is 5.05. The summed E-state index contributed by atoms with van der Waals surface area (Å²) in [6.07, 6.45) is 2.05. The highest BCUT2D eigenvalue weighted by molar-refractivity contribution is 5.81. The van der Waals surface area contributed by atoms with E-state index in [4.69, 9.17) is 4.74 Å². The highest BCUT2D eigenvalue weighted by Crippen LogP contribution is 2.06. The van der Waals surface area contributed by atoms with Crippen LogP contribution in [0.4, 0.5) is 0 Å². The van der Waals surface area contributed by atoms with Crippen LogP contribution in [0.3, 0.4) is 0 Å². The molecule has 7 nitrogen and oxygen atoms in total. The number of fused-ring (bicyclic) bond motifs is 1. The van der Waals surface area contributed by atoms with Crippen molar-refractivity contribution in [3.05, 3.63) is 40.9 Å². The molecule has 0 spiro atoms. The van der Waals surface area contributed by atoms with E-state index in [-0.39, 0.29) is 30.2 Å². The maximum atomic E-state index is 12.3. The Morgan fingerprint density at radius 3 is 2.71 bits per heavy atom. The number of esters is 1. The molecule has 24 heavy (non-hydrogen) atoms. The predicted octanol–water partition coefficient (Wildman–Crippen LogP) is 1.24. The molecule has 1 heterocycles. The van der Waals surface area contributed by atoms with Gasteiger partial charge in [0.05, 0.1) is 17.2 Å². The fourth-order valence-electron chi connectivity index (χ4n) is 2.05. The molecule has 1 amide bonds. The third-order valence-corrected chi connectivity index (χ3v) is 3.76. The Morgan fingerprint density at radius 2 is 2.00 bits per heavy atom. The molecule has 0 fully saturated rings. The first-order valence-electron chi connectivity index (χ1n) is 7.73. The van der Waals surface area contributed by atoms with E-state index in [0.717, 1.165) is 6.42 Å². The van der Waals surface area contributed by atoms with E-state index in [9.17, 15) is 14.4 Å². The molecule has 1 aromatic heterocycles. The summed E-state index contributed by atoms with van der Waals surface area (Å²) in [5.41, 5.74) is -0.120. The Hall–Kier alpha value is -2.70. The van der Waals surface area contributed by atoms with Gasteiger partial charge in [-0.2, -0.15) is 0 Å². The fourth-order valence-corrected chi connectivity index (χ4v) is 2.05. The SMILES string of the molecule is CCC(C)(C)NC(=O)COC(=O)Cn1cnc2ccccc2c1=O. The first-order chi connectivity index (χ1) is 11.3. The Balaban J connectivity index is 1.97. The summed E-state index contributed by atoms with van der Waals surface area (Å²) in [5, 5.41) is 3.19. The van der Waals surface area contributed by atoms with Crippen LogP contribution in [0.15, 0.2) is 35.4 Å². The summed E-state index contributed by atoms with van der Waals surface area (Å²) in [4.78, 5) is 40.0. The summed E-state index contributed by atoms with van der Waals surface area (Å²) >= 11 is 0. The molecule has 0 atom stereocenters. The van der Waals surface area contributed by atoms with Gasteiger partial charge in [-0.3, -0.25) is 19.0 Å². The largest absolute Gasteiger partial charge is 0.454 e. The number of carbonyl (C=O) groups excluding carboxylic acids is 2. The van der Waals surface area contributed by atoms with Crippen molar-refractivity contribution in [2.75, 3.05) is 6.61 Å². The van der Waals surface area contributed by atoms with Crippen LogP contribution in [0.25, 0.3) is 10.9 Å². The molecule has 0 bridgehead atoms. The molecule has 2 rings (SSSR count). The number of para-hydroxylation sites is 1. The van der Waals surface area contributed by atoms with Gasteiger partial charge in [-0.25, -0.2) is 4.98 Å². The van der Waals surface area contributed by atoms with E-state index in [1.807, 2.05) is 20.8 Å². The van der Waals surface area contributed by atoms with Crippen LogP contribution in [0.2, 0.25) is 0 Å². The summed E-state index contributed by atoms with van der Waals surface area (Å²) in [6, 6.07) is 6.88. The number of aromatic nitrogens is 2. The number of hydrogen-bond donors (Lipinski definition) is 1. The van der Waals surface area contributed by atoms with Gasteiger partial charge >= 0.3 is 5.97 Å². The zero-order valence-electron chi connectivity index (χ0n) is 14.0. The van der Waals surface area contributed by atoms with Gasteiger partial charge in [0, 0.05) is 5.54 Å². The molecule has 128 valence electrons. The lowest BCUT2D eigenvalue weighted by atomic mass is 10.0. The minimum Gasteiger partial charge on any atom is -0.454 e. The van der Waals surface area contributed by atoms with Gasteiger partial charge in [0.2, 0.25) is 0 Å². The van der Waals surface area contributed by atoms with Crippen LogP contribution in [-0.4, -0.2) is 33.6 Å². The molecule has 0 saturated carbocycles. The predicted molar refractivity (Wildman–Crippen MR) is 89.5 cm³/mol. The zero-order chi connectivity index (χ0) is 17.7. The van der Waals surface area contributed by atoms with E-state index >= 15 is 0 Å². The molecular formula is C17H21N3O4. The van der Waals surface area contributed by atoms with Crippen molar-refractivity contribution in [3.8, 4) is 0 Å². The second-order valence-electron chi connectivity index (χ2n) is 6.14. The minimum atomic E-state index is -0.668. The van der Waals surface area contributed by atoms with Crippen molar-refractivity contribution < 1.29 is 14.3 Å². The average Bonchev–Trinajstić information content (AvgIpc) is 2.55. The van der Waals surface area contributed by atoms with E-state index in [0.29, 0.717) is 10.9 Å². The van der Waals surface area contributed by atoms with Gasteiger partial charge in [-0.15, -0.1) is 0 Å². The lowest BCUT2D eigenvalue weighted by Crippen LogP contribution is -2.44. The first-order valence-corrected chi connectivity index (χ1v) is 7.73. The molecular weight excluding hydrogens is 310 g/mol. The van der Waals surface area contributed by atoms with Crippen molar-refractivity contribution >= 4 is 22.8 Å². The monoisotopic (exact) mass is 331 g/mol. The van der Waals surface area contributed by atoms with E-state index in [1.54, 1.807) is 24.3 Å². The number of ether oxygens (including phenoxy) is 1. The molecule has 0 aliphatic rings. The first kappa shape index (κ1) is 17.7. The minimum absolute atomic E-state index is 0.291. The Labute approximate surface area is 139 Å². The van der Waals surface area contributed by atoms with Crippen LogP contribution in [-0.2, 0) is 20.9 Å². The summed E-state index contributed by atoms with van der Waals surface area (Å²) in [5.74, 6) is -1.04. The van der Waals surface area contributed by atoms with E-state index in [2.05, 4.69) is 10.3 Å². The van der Waals surface area contributed by atoms with Crippen LogP contribution < -0.4 is 10.9 Å². The molecule has 0 unspecified atom stereocenters. The summed E-state index contributed by atoms with van der Waals surface area (Å²) < 4.78 is 6.09. The summed E-state index contributed by atoms with van der Waals surface area (Å²) in [7, 11) is 0. The van der Waals surface area contributed by atoms with Crippen LogP contribution in [0.1, 0.15) is 27.2 Å². The van der Waals surface area contributed by atoms with Gasteiger partial charge in [-0.05, 0) is 32.4 Å².